The van der Waals surface area contributed by atoms with Crippen molar-refractivity contribution in [2.45, 2.75) is 12.8 Å². The zero-order valence-electron chi connectivity index (χ0n) is 16.5. The van der Waals surface area contributed by atoms with E-state index in [4.69, 9.17) is 9.47 Å². The maximum atomic E-state index is 13.7. The second-order valence-corrected chi connectivity index (χ2v) is 6.90. The van der Waals surface area contributed by atoms with Gasteiger partial charge in [-0.25, -0.2) is 4.39 Å². The SMILES string of the molecule is COc1ccc(C(=O)N2CCN(CCCc3ccccc3F)CC2)cc1OC. The summed E-state index contributed by atoms with van der Waals surface area (Å²) in [4.78, 5) is 17.0. The second kappa shape index (κ2) is 9.55. The summed E-state index contributed by atoms with van der Waals surface area (Å²) < 4.78 is 24.2. The molecule has 1 amide bonds. The average Bonchev–Trinajstić information content (AvgIpc) is 2.74. The highest BCUT2D eigenvalue weighted by Crippen LogP contribution is 2.28. The summed E-state index contributed by atoms with van der Waals surface area (Å²) in [6.07, 6.45) is 1.64. The molecule has 2 aromatic carbocycles. The van der Waals surface area contributed by atoms with Crippen LogP contribution < -0.4 is 9.47 Å². The van der Waals surface area contributed by atoms with Gasteiger partial charge < -0.3 is 14.4 Å². The molecule has 0 atom stereocenters. The predicted octanol–water partition coefficient (Wildman–Crippen LogP) is 3.23. The molecule has 1 aliphatic heterocycles. The van der Waals surface area contributed by atoms with Crippen LogP contribution in [0.4, 0.5) is 4.39 Å². The molecule has 0 N–H and O–H groups in total. The van der Waals surface area contributed by atoms with Crippen LogP contribution in [-0.2, 0) is 6.42 Å². The van der Waals surface area contributed by atoms with Gasteiger partial charge in [0.15, 0.2) is 11.5 Å². The third-order valence-electron chi connectivity index (χ3n) is 5.17. The van der Waals surface area contributed by atoms with E-state index in [9.17, 15) is 9.18 Å². The van der Waals surface area contributed by atoms with Gasteiger partial charge in [-0.3, -0.25) is 9.69 Å². The Morgan fingerprint density at radius 3 is 2.39 bits per heavy atom. The molecule has 1 saturated heterocycles. The van der Waals surface area contributed by atoms with E-state index in [-0.39, 0.29) is 11.7 Å². The number of hydrogen-bond acceptors (Lipinski definition) is 4. The van der Waals surface area contributed by atoms with E-state index in [2.05, 4.69) is 4.90 Å². The highest BCUT2D eigenvalue weighted by atomic mass is 19.1. The van der Waals surface area contributed by atoms with Crippen molar-refractivity contribution in [3.05, 3.63) is 59.4 Å². The number of amides is 1. The largest absolute Gasteiger partial charge is 0.493 e. The van der Waals surface area contributed by atoms with Gasteiger partial charge in [0.25, 0.3) is 5.91 Å². The summed E-state index contributed by atoms with van der Waals surface area (Å²) >= 11 is 0. The minimum atomic E-state index is -0.132. The molecule has 0 aliphatic carbocycles. The number of carbonyl (C=O) groups is 1. The van der Waals surface area contributed by atoms with Gasteiger partial charge in [-0.15, -0.1) is 0 Å². The first-order chi connectivity index (χ1) is 13.6. The molecule has 1 aliphatic rings. The van der Waals surface area contributed by atoms with Crippen molar-refractivity contribution in [2.75, 3.05) is 46.9 Å². The minimum absolute atomic E-state index is 0.00644. The average molecular weight is 386 g/mol. The van der Waals surface area contributed by atoms with Gasteiger partial charge in [0.05, 0.1) is 14.2 Å². The lowest BCUT2D eigenvalue weighted by Gasteiger charge is -2.34. The van der Waals surface area contributed by atoms with Crippen LogP contribution in [0.15, 0.2) is 42.5 Å². The maximum absolute atomic E-state index is 13.7. The summed E-state index contributed by atoms with van der Waals surface area (Å²) in [5.74, 6) is 1.04. The fourth-order valence-corrected chi connectivity index (χ4v) is 3.52. The fourth-order valence-electron chi connectivity index (χ4n) is 3.52. The first-order valence-electron chi connectivity index (χ1n) is 9.59. The normalized spacial score (nSPS) is 14.8. The first-order valence-corrected chi connectivity index (χ1v) is 9.59. The molecular weight excluding hydrogens is 359 g/mol. The third-order valence-corrected chi connectivity index (χ3v) is 5.17. The van der Waals surface area contributed by atoms with E-state index < -0.39 is 0 Å². The van der Waals surface area contributed by atoms with Crippen LogP contribution in [-0.4, -0.2) is 62.7 Å². The molecule has 6 heteroatoms. The predicted molar refractivity (Wildman–Crippen MR) is 107 cm³/mol. The van der Waals surface area contributed by atoms with Crippen LogP contribution in [0.25, 0.3) is 0 Å². The van der Waals surface area contributed by atoms with Crippen molar-refractivity contribution in [1.29, 1.82) is 0 Å². The van der Waals surface area contributed by atoms with Crippen LogP contribution in [0, 0.1) is 5.82 Å². The zero-order chi connectivity index (χ0) is 19.9. The standard InChI is InChI=1S/C22H27FN2O3/c1-27-20-10-9-18(16-21(20)28-2)22(26)25-14-12-24(13-15-25)11-5-7-17-6-3-4-8-19(17)23/h3-4,6,8-10,16H,5,7,11-15H2,1-2H3. The fraction of sp³-hybridized carbons (Fsp3) is 0.409. The Hall–Kier alpha value is -2.60. The highest BCUT2D eigenvalue weighted by Gasteiger charge is 2.22. The van der Waals surface area contributed by atoms with E-state index in [0.717, 1.165) is 38.0 Å². The first kappa shape index (κ1) is 20.1. The van der Waals surface area contributed by atoms with Gasteiger partial charge in [0.1, 0.15) is 5.82 Å². The van der Waals surface area contributed by atoms with E-state index in [1.54, 1.807) is 38.5 Å². The molecule has 2 aromatic rings. The maximum Gasteiger partial charge on any atom is 0.254 e. The third kappa shape index (κ3) is 4.81. The molecular formula is C22H27FN2O3. The number of methoxy groups -OCH3 is 2. The van der Waals surface area contributed by atoms with Gasteiger partial charge >= 0.3 is 0 Å². The van der Waals surface area contributed by atoms with E-state index >= 15 is 0 Å². The molecule has 28 heavy (non-hydrogen) atoms. The van der Waals surface area contributed by atoms with Crippen LogP contribution in [0.1, 0.15) is 22.3 Å². The van der Waals surface area contributed by atoms with Crippen molar-refractivity contribution in [3.8, 4) is 11.5 Å². The Balaban J connectivity index is 1.48. The molecule has 1 heterocycles. The molecule has 150 valence electrons. The summed E-state index contributed by atoms with van der Waals surface area (Å²) in [7, 11) is 3.14. The zero-order valence-corrected chi connectivity index (χ0v) is 16.5. The molecule has 0 spiro atoms. The lowest BCUT2D eigenvalue weighted by Crippen LogP contribution is -2.48. The van der Waals surface area contributed by atoms with Gasteiger partial charge in [0.2, 0.25) is 0 Å². The number of hydrogen-bond donors (Lipinski definition) is 0. The Bertz CT molecular complexity index is 804. The number of halogens is 1. The lowest BCUT2D eigenvalue weighted by molar-refractivity contribution is 0.0635. The van der Waals surface area contributed by atoms with Gasteiger partial charge in [-0.05, 0) is 49.2 Å². The Labute approximate surface area is 165 Å². The molecule has 1 fully saturated rings. The molecule has 3 rings (SSSR count). The monoisotopic (exact) mass is 386 g/mol. The molecule has 0 radical (unpaired) electrons. The summed E-state index contributed by atoms with van der Waals surface area (Å²) in [6.45, 7) is 3.94. The smallest absolute Gasteiger partial charge is 0.254 e. The Morgan fingerprint density at radius 2 is 1.71 bits per heavy atom. The number of piperazine rings is 1. The topological polar surface area (TPSA) is 42.0 Å². The van der Waals surface area contributed by atoms with E-state index in [1.165, 1.54) is 6.07 Å². The Morgan fingerprint density at radius 1 is 1.00 bits per heavy atom. The number of benzene rings is 2. The van der Waals surface area contributed by atoms with Gasteiger partial charge in [-0.2, -0.15) is 0 Å². The number of ether oxygens (including phenoxy) is 2. The molecule has 0 bridgehead atoms. The van der Waals surface area contributed by atoms with Crippen LogP contribution in [0.2, 0.25) is 0 Å². The van der Waals surface area contributed by atoms with Crippen molar-refractivity contribution in [2.24, 2.45) is 0 Å². The van der Waals surface area contributed by atoms with Gasteiger partial charge in [0, 0.05) is 31.7 Å². The lowest BCUT2D eigenvalue weighted by atomic mass is 10.1. The van der Waals surface area contributed by atoms with Crippen LogP contribution in [0.5, 0.6) is 11.5 Å². The van der Waals surface area contributed by atoms with Crippen molar-refractivity contribution < 1.29 is 18.7 Å². The minimum Gasteiger partial charge on any atom is -0.493 e. The van der Waals surface area contributed by atoms with Gasteiger partial charge in [-0.1, -0.05) is 18.2 Å². The van der Waals surface area contributed by atoms with Crippen molar-refractivity contribution in [3.63, 3.8) is 0 Å². The molecule has 0 saturated carbocycles. The van der Waals surface area contributed by atoms with E-state index in [0.29, 0.717) is 30.2 Å². The molecule has 0 unspecified atom stereocenters. The molecule has 5 nitrogen and oxygen atoms in total. The highest BCUT2D eigenvalue weighted by molar-refractivity contribution is 5.95. The van der Waals surface area contributed by atoms with Crippen LogP contribution >= 0.6 is 0 Å². The quantitative estimate of drug-likeness (QED) is 0.733. The van der Waals surface area contributed by atoms with Crippen LogP contribution in [0.3, 0.4) is 0 Å². The Kier molecular flexibility index (Phi) is 6.87. The number of aryl methyl sites for hydroxylation is 1. The van der Waals surface area contributed by atoms with E-state index in [1.807, 2.05) is 17.0 Å². The summed E-state index contributed by atoms with van der Waals surface area (Å²) in [6, 6.07) is 12.2. The van der Waals surface area contributed by atoms with Crippen molar-refractivity contribution in [1.82, 2.24) is 9.80 Å². The summed E-state index contributed by atoms with van der Waals surface area (Å²) in [5, 5.41) is 0. The summed E-state index contributed by atoms with van der Waals surface area (Å²) in [5.41, 5.74) is 1.37. The number of carbonyl (C=O) groups excluding carboxylic acids is 1. The molecule has 0 aromatic heterocycles. The number of rotatable bonds is 7. The second-order valence-electron chi connectivity index (χ2n) is 6.90. The number of nitrogens with zero attached hydrogens (tertiary/aromatic N) is 2. The van der Waals surface area contributed by atoms with Crippen molar-refractivity contribution >= 4 is 5.91 Å².